The predicted octanol–water partition coefficient (Wildman–Crippen LogP) is 4.74. The van der Waals surface area contributed by atoms with Gasteiger partial charge in [-0.15, -0.1) is 0 Å². The highest BCUT2D eigenvalue weighted by Crippen LogP contribution is 2.18. The quantitative estimate of drug-likeness (QED) is 0.510. The monoisotopic (exact) mass is 223 g/mol. The molecule has 16 heavy (non-hydrogen) atoms. The average Bonchev–Trinajstić information content (AvgIpc) is 2.75. The molecule has 0 amide bonds. The van der Waals surface area contributed by atoms with Crippen LogP contribution in [0.25, 0.3) is 0 Å². The maximum absolute atomic E-state index is 2.59. The van der Waals surface area contributed by atoms with Crippen LogP contribution < -0.4 is 0 Å². The molecular weight excluding hydrogens is 194 g/mol. The maximum atomic E-state index is 2.59. The molecule has 94 valence electrons. The number of allylic oxidation sites excluding steroid dienone is 1. The van der Waals surface area contributed by atoms with Crippen molar-refractivity contribution >= 4 is 0 Å². The van der Waals surface area contributed by atoms with Gasteiger partial charge in [0.1, 0.15) is 0 Å². The first-order valence-corrected chi connectivity index (χ1v) is 7.32. The minimum atomic E-state index is 1.22. The Morgan fingerprint density at radius 3 is 2.38 bits per heavy atom. The van der Waals surface area contributed by atoms with Crippen molar-refractivity contribution in [3.05, 3.63) is 11.8 Å². The zero-order valence-electron chi connectivity index (χ0n) is 11.3. The van der Waals surface area contributed by atoms with E-state index in [9.17, 15) is 0 Å². The van der Waals surface area contributed by atoms with Gasteiger partial charge in [0, 0.05) is 18.8 Å². The minimum absolute atomic E-state index is 1.22. The highest BCUT2D eigenvalue weighted by molar-refractivity contribution is 5.06. The van der Waals surface area contributed by atoms with E-state index in [4.69, 9.17) is 0 Å². The zero-order chi connectivity index (χ0) is 11.6. The van der Waals surface area contributed by atoms with Gasteiger partial charge < -0.3 is 4.90 Å². The standard InChI is InChI=1S/C15H29N/c1-3-5-6-7-8-9-10-13-16-14-11-12-15(16)4-2/h12H,3-11,13-14H2,1-2H3. The Labute approximate surface area is 102 Å². The van der Waals surface area contributed by atoms with Crippen LogP contribution in [0.15, 0.2) is 11.8 Å². The second kappa shape index (κ2) is 8.66. The molecule has 1 heterocycles. The van der Waals surface area contributed by atoms with Crippen molar-refractivity contribution in [2.75, 3.05) is 13.1 Å². The first kappa shape index (κ1) is 13.6. The number of nitrogens with zero attached hydrogens (tertiary/aromatic N) is 1. The van der Waals surface area contributed by atoms with Crippen molar-refractivity contribution in [1.82, 2.24) is 4.90 Å². The first-order chi connectivity index (χ1) is 7.88. The number of hydrogen-bond donors (Lipinski definition) is 0. The Hall–Kier alpha value is -0.460. The van der Waals surface area contributed by atoms with E-state index < -0.39 is 0 Å². The molecular formula is C15H29N. The van der Waals surface area contributed by atoms with E-state index in [2.05, 4.69) is 24.8 Å². The average molecular weight is 223 g/mol. The second-order valence-electron chi connectivity index (χ2n) is 4.95. The minimum Gasteiger partial charge on any atom is -0.375 e. The van der Waals surface area contributed by atoms with E-state index in [1.54, 1.807) is 5.70 Å². The molecule has 0 aromatic heterocycles. The van der Waals surface area contributed by atoms with Gasteiger partial charge in [-0.1, -0.05) is 58.4 Å². The van der Waals surface area contributed by atoms with E-state index in [1.165, 1.54) is 70.9 Å². The van der Waals surface area contributed by atoms with Crippen LogP contribution in [0.4, 0.5) is 0 Å². The molecule has 0 saturated carbocycles. The largest absolute Gasteiger partial charge is 0.375 e. The van der Waals surface area contributed by atoms with Crippen LogP contribution in [0.5, 0.6) is 0 Å². The third-order valence-corrected chi connectivity index (χ3v) is 3.58. The van der Waals surface area contributed by atoms with Gasteiger partial charge in [-0.25, -0.2) is 0 Å². The summed E-state index contributed by atoms with van der Waals surface area (Å²) in [5.41, 5.74) is 1.59. The molecule has 1 aliphatic rings. The van der Waals surface area contributed by atoms with Gasteiger partial charge in [-0.2, -0.15) is 0 Å². The van der Waals surface area contributed by atoms with Crippen LogP contribution in [-0.2, 0) is 0 Å². The SMILES string of the molecule is CCCCCCCCCN1CCC=C1CC. The Morgan fingerprint density at radius 2 is 1.69 bits per heavy atom. The molecule has 0 N–H and O–H groups in total. The van der Waals surface area contributed by atoms with E-state index in [0.717, 1.165) is 0 Å². The summed E-state index contributed by atoms with van der Waals surface area (Å²) >= 11 is 0. The lowest BCUT2D eigenvalue weighted by atomic mass is 10.1. The number of hydrogen-bond acceptors (Lipinski definition) is 1. The van der Waals surface area contributed by atoms with Crippen LogP contribution in [0.3, 0.4) is 0 Å². The lowest BCUT2D eigenvalue weighted by molar-refractivity contribution is 0.353. The Bertz CT molecular complexity index is 196. The van der Waals surface area contributed by atoms with E-state index in [1.807, 2.05) is 0 Å². The second-order valence-corrected chi connectivity index (χ2v) is 4.95. The molecule has 0 spiro atoms. The summed E-state index contributed by atoms with van der Waals surface area (Å²) < 4.78 is 0. The van der Waals surface area contributed by atoms with Crippen LogP contribution in [-0.4, -0.2) is 18.0 Å². The summed E-state index contributed by atoms with van der Waals surface area (Å²) in [5.74, 6) is 0. The lowest BCUT2D eigenvalue weighted by Crippen LogP contribution is -2.20. The normalized spacial score (nSPS) is 15.6. The van der Waals surface area contributed by atoms with Crippen LogP contribution in [0.2, 0.25) is 0 Å². The summed E-state index contributed by atoms with van der Waals surface area (Å²) in [4.78, 5) is 2.59. The molecule has 0 aliphatic carbocycles. The highest BCUT2D eigenvalue weighted by atomic mass is 15.1. The third kappa shape index (κ3) is 5.05. The summed E-state index contributed by atoms with van der Waals surface area (Å²) in [6.45, 7) is 7.13. The van der Waals surface area contributed by atoms with E-state index in [-0.39, 0.29) is 0 Å². The Kier molecular flexibility index (Phi) is 7.37. The molecule has 0 radical (unpaired) electrons. The van der Waals surface area contributed by atoms with Crippen molar-refractivity contribution in [3.8, 4) is 0 Å². The van der Waals surface area contributed by atoms with Gasteiger partial charge in [-0.3, -0.25) is 0 Å². The number of rotatable bonds is 9. The molecule has 0 atom stereocenters. The fourth-order valence-electron chi connectivity index (χ4n) is 2.54. The molecule has 0 bridgehead atoms. The Balaban J connectivity index is 1.93. The van der Waals surface area contributed by atoms with Crippen molar-refractivity contribution in [2.24, 2.45) is 0 Å². The molecule has 0 aromatic rings. The number of unbranched alkanes of at least 4 members (excludes halogenated alkanes) is 6. The molecule has 1 aliphatic heterocycles. The molecule has 0 fully saturated rings. The molecule has 0 unspecified atom stereocenters. The van der Waals surface area contributed by atoms with E-state index >= 15 is 0 Å². The molecule has 0 saturated heterocycles. The van der Waals surface area contributed by atoms with Gasteiger partial charge in [0.25, 0.3) is 0 Å². The van der Waals surface area contributed by atoms with Crippen molar-refractivity contribution in [2.45, 2.75) is 71.6 Å². The fraction of sp³-hybridized carbons (Fsp3) is 0.867. The maximum Gasteiger partial charge on any atom is 0.0210 e. The van der Waals surface area contributed by atoms with Crippen LogP contribution in [0, 0.1) is 0 Å². The third-order valence-electron chi connectivity index (χ3n) is 3.58. The van der Waals surface area contributed by atoms with Gasteiger partial charge in [0.05, 0.1) is 0 Å². The van der Waals surface area contributed by atoms with Crippen LogP contribution in [0.1, 0.15) is 71.6 Å². The van der Waals surface area contributed by atoms with E-state index in [0.29, 0.717) is 0 Å². The molecule has 0 aromatic carbocycles. The van der Waals surface area contributed by atoms with Gasteiger partial charge >= 0.3 is 0 Å². The zero-order valence-corrected chi connectivity index (χ0v) is 11.3. The molecule has 1 heteroatoms. The summed E-state index contributed by atoms with van der Waals surface area (Å²) in [5, 5.41) is 0. The topological polar surface area (TPSA) is 3.24 Å². The fourth-order valence-corrected chi connectivity index (χ4v) is 2.54. The predicted molar refractivity (Wildman–Crippen MR) is 72.6 cm³/mol. The Morgan fingerprint density at radius 1 is 1.00 bits per heavy atom. The summed E-state index contributed by atoms with van der Waals surface area (Å²) in [6.07, 6.45) is 14.9. The first-order valence-electron chi connectivity index (χ1n) is 7.32. The molecule has 1 nitrogen and oxygen atoms in total. The van der Waals surface area contributed by atoms with Crippen molar-refractivity contribution in [3.63, 3.8) is 0 Å². The summed E-state index contributed by atoms with van der Waals surface area (Å²) in [6, 6.07) is 0. The lowest BCUT2D eigenvalue weighted by Gasteiger charge is -2.21. The van der Waals surface area contributed by atoms with Crippen molar-refractivity contribution < 1.29 is 0 Å². The van der Waals surface area contributed by atoms with Gasteiger partial charge in [0.15, 0.2) is 0 Å². The molecule has 1 rings (SSSR count). The summed E-state index contributed by atoms with van der Waals surface area (Å²) in [7, 11) is 0. The smallest absolute Gasteiger partial charge is 0.0210 e. The van der Waals surface area contributed by atoms with Gasteiger partial charge in [-0.05, 0) is 19.3 Å². The van der Waals surface area contributed by atoms with Crippen molar-refractivity contribution in [1.29, 1.82) is 0 Å². The van der Waals surface area contributed by atoms with Crippen LogP contribution >= 0.6 is 0 Å². The van der Waals surface area contributed by atoms with Gasteiger partial charge in [0.2, 0.25) is 0 Å². The highest BCUT2D eigenvalue weighted by Gasteiger charge is 2.11.